The average Bonchev–Trinajstić information content (AvgIpc) is 3.18. The largest absolute Gasteiger partial charge is 0.371 e. The maximum absolute atomic E-state index is 11.6. The van der Waals surface area contributed by atoms with Gasteiger partial charge in [-0.25, -0.2) is 0 Å². The van der Waals surface area contributed by atoms with Crippen LogP contribution in [0.15, 0.2) is 59.8 Å². The molecule has 4 rings (SSSR count). The van der Waals surface area contributed by atoms with Crippen molar-refractivity contribution < 1.29 is 5.11 Å². The van der Waals surface area contributed by atoms with E-state index >= 15 is 0 Å². The minimum atomic E-state index is -1.06. The number of hydrogen-bond acceptors (Lipinski definition) is 6. The summed E-state index contributed by atoms with van der Waals surface area (Å²) in [4.78, 5) is 12.1. The highest BCUT2D eigenvalue weighted by atomic mass is 16.3. The molecule has 38 heavy (non-hydrogen) atoms. The zero-order chi connectivity index (χ0) is 27.8. The van der Waals surface area contributed by atoms with Gasteiger partial charge in [-0.3, -0.25) is 10.3 Å². The Morgan fingerprint density at radius 1 is 1.26 bits per heavy atom. The zero-order valence-electron chi connectivity index (χ0n) is 24.8. The summed E-state index contributed by atoms with van der Waals surface area (Å²) in [5, 5.41) is 16.5. The zero-order valence-corrected chi connectivity index (χ0v) is 24.8. The Labute approximate surface area is 229 Å². The molecule has 0 saturated heterocycles. The van der Waals surface area contributed by atoms with E-state index in [0.717, 1.165) is 53.8 Å². The van der Waals surface area contributed by atoms with Crippen LogP contribution in [-0.4, -0.2) is 52.2 Å². The summed E-state index contributed by atoms with van der Waals surface area (Å²) in [5.74, 6) is 0. The van der Waals surface area contributed by atoms with Gasteiger partial charge in [0.05, 0.1) is 22.4 Å². The van der Waals surface area contributed by atoms with Crippen molar-refractivity contribution in [3.8, 4) is 0 Å². The van der Waals surface area contributed by atoms with E-state index in [0.29, 0.717) is 0 Å². The lowest BCUT2D eigenvalue weighted by Crippen LogP contribution is -2.64. The molecule has 0 spiro atoms. The highest BCUT2D eigenvalue weighted by Crippen LogP contribution is 2.51. The predicted molar refractivity (Wildman–Crippen MR) is 161 cm³/mol. The Kier molecular flexibility index (Phi) is 7.96. The summed E-state index contributed by atoms with van der Waals surface area (Å²) in [6, 6.07) is 8.59. The van der Waals surface area contributed by atoms with Crippen LogP contribution in [0.2, 0.25) is 0 Å². The van der Waals surface area contributed by atoms with Crippen molar-refractivity contribution in [1.82, 2.24) is 15.2 Å². The molecule has 0 saturated carbocycles. The number of anilines is 2. The molecule has 1 aromatic carbocycles. The number of aromatic nitrogens is 1. The molecule has 1 aromatic heterocycles. The number of aliphatic hydroxyl groups is 1. The van der Waals surface area contributed by atoms with Crippen molar-refractivity contribution in [2.75, 3.05) is 23.4 Å². The average molecular weight is 518 g/mol. The van der Waals surface area contributed by atoms with Gasteiger partial charge < -0.3 is 19.8 Å². The quantitative estimate of drug-likeness (QED) is 0.353. The SMILES string of the molecule is C/C=C\CNC(C1=CCC1(CC)N(C)C=C(C)C)N1c2ccc3ccc(C)nc3c2N(C(C)(C)O)C1CC. The topological polar surface area (TPSA) is 54.9 Å². The van der Waals surface area contributed by atoms with E-state index in [1.807, 2.05) is 20.8 Å². The highest BCUT2D eigenvalue weighted by Gasteiger charge is 2.51. The van der Waals surface area contributed by atoms with Crippen molar-refractivity contribution in [3.05, 3.63) is 65.5 Å². The van der Waals surface area contributed by atoms with Crippen LogP contribution in [0.5, 0.6) is 0 Å². The molecule has 3 atom stereocenters. The number of allylic oxidation sites excluding steroid dienone is 2. The second-order valence-corrected chi connectivity index (χ2v) is 11.6. The molecule has 0 amide bonds. The fourth-order valence-electron chi connectivity index (χ4n) is 6.40. The molecular formula is C32H47N5O. The van der Waals surface area contributed by atoms with Gasteiger partial charge in [0, 0.05) is 24.7 Å². The van der Waals surface area contributed by atoms with Crippen LogP contribution >= 0.6 is 0 Å². The van der Waals surface area contributed by atoms with Crippen LogP contribution in [0.3, 0.4) is 0 Å². The molecule has 2 aromatic rings. The summed E-state index contributed by atoms with van der Waals surface area (Å²) in [7, 11) is 2.21. The predicted octanol–water partition coefficient (Wildman–Crippen LogP) is 6.46. The minimum Gasteiger partial charge on any atom is -0.371 e. The number of benzene rings is 1. The van der Waals surface area contributed by atoms with Gasteiger partial charge >= 0.3 is 0 Å². The van der Waals surface area contributed by atoms with Crippen molar-refractivity contribution in [2.45, 2.75) is 98.2 Å². The van der Waals surface area contributed by atoms with Gasteiger partial charge in [0.25, 0.3) is 0 Å². The lowest BCUT2D eigenvalue weighted by atomic mass is 9.71. The van der Waals surface area contributed by atoms with Crippen LogP contribution in [0.1, 0.15) is 73.4 Å². The third-order valence-electron chi connectivity index (χ3n) is 8.19. The van der Waals surface area contributed by atoms with Crippen LogP contribution in [0.25, 0.3) is 10.9 Å². The molecular weight excluding hydrogens is 470 g/mol. The Balaban J connectivity index is 1.93. The van der Waals surface area contributed by atoms with Gasteiger partial charge in [0.1, 0.15) is 18.1 Å². The van der Waals surface area contributed by atoms with Crippen molar-refractivity contribution in [3.63, 3.8) is 0 Å². The standard InChI is InChI=1S/C32H47N5O/c1-10-13-20-33-30(25-18-19-32(25,12-3)35(9)21-22(4)5)36-26-17-16-24-15-14-23(6)34-28(24)29(26)37(27(36)11-2)31(7,8)38/h10,13-18,21,27,30,33,38H,11-12,19-20H2,1-9H3/b13-10-. The molecule has 2 aliphatic rings. The molecule has 2 heterocycles. The number of fused-ring (bicyclic) bond motifs is 3. The Morgan fingerprint density at radius 2 is 1.97 bits per heavy atom. The summed E-state index contributed by atoms with van der Waals surface area (Å²) >= 11 is 0. The van der Waals surface area contributed by atoms with Crippen LogP contribution < -0.4 is 15.1 Å². The van der Waals surface area contributed by atoms with E-state index in [1.54, 1.807) is 0 Å². The molecule has 1 aliphatic carbocycles. The number of nitrogens with zero attached hydrogens (tertiary/aromatic N) is 4. The smallest absolute Gasteiger partial charge is 0.134 e. The third kappa shape index (κ3) is 4.73. The highest BCUT2D eigenvalue weighted by molar-refractivity contribution is 6.01. The molecule has 0 radical (unpaired) electrons. The molecule has 1 aliphatic heterocycles. The van der Waals surface area contributed by atoms with Gasteiger partial charge in [-0.2, -0.15) is 0 Å². The van der Waals surface area contributed by atoms with Gasteiger partial charge in [-0.1, -0.05) is 49.8 Å². The lowest BCUT2D eigenvalue weighted by molar-refractivity contribution is 0.0668. The maximum atomic E-state index is 11.6. The second kappa shape index (κ2) is 10.7. The Bertz CT molecular complexity index is 1250. The first-order chi connectivity index (χ1) is 18.0. The van der Waals surface area contributed by atoms with E-state index in [1.165, 1.54) is 11.1 Å². The second-order valence-electron chi connectivity index (χ2n) is 11.6. The van der Waals surface area contributed by atoms with Gasteiger partial charge in [0.15, 0.2) is 0 Å². The first kappa shape index (κ1) is 28.2. The van der Waals surface area contributed by atoms with E-state index < -0.39 is 5.72 Å². The fraction of sp³-hybridized carbons (Fsp3) is 0.531. The van der Waals surface area contributed by atoms with Crippen LogP contribution in [0.4, 0.5) is 11.4 Å². The minimum absolute atomic E-state index is 0.0359. The molecule has 3 unspecified atom stereocenters. The summed E-state index contributed by atoms with van der Waals surface area (Å²) in [6.45, 7) is 17.5. The van der Waals surface area contributed by atoms with E-state index in [4.69, 9.17) is 4.98 Å². The Morgan fingerprint density at radius 3 is 2.53 bits per heavy atom. The number of rotatable bonds is 10. The summed E-state index contributed by atoms with van der Waals surface area (Å²) < 4.78 is 0. The van der Waals surface area contributed by atoms with E-state index in [2.05, 4.69) is 110 Å². The first-order valence-electron chi connectivity index (χ1n) is 14.1. The summed E-state index contributed by atoms with van der Waals surface area (Å²) in [6.07, 6.45) is 11.8. The molecule has 6 nitrogen and oxygen atoms in total. The molecule has 206 valence electrons. The van der Waals surface area contributed by atoms with Crippen molar-refractivity contribution in [1.29, 1.82) is 0 Å². The number of aryl methyl sites for hydroxylation is 1. The number of hydrogen-bond donors (Lipinski definition) is 2. The van der Waals surface area contributed by atoms with Gasteiger partial charge in [-0.15, -0.1) is 0 Å². The lowest BCUT2D eigenvalue weighted by Gasteiger charge is -2.53. The fourth-order valence-corrected chi connectivity index (χ4v) is 6.40. The first-order valence-corrected chi connectivity index (χ1v) is 14.1. The third-order valence-corrected chi connectivity index (χ3v) is 8.19. The number of pyridine rings is 1. The number of likely N-dealkylation sites (N-methyl/N-ethyl adjacent to an activating group) is 1. The molecule has 6 heteroatoms. The van der Waals surface area contributed by atoms with Gasteiger partial charge in [0.2, 0.25) is 0 Å². The van der Waals surface area contributed by atoms with Crippen molar-refractivity contribution >= 4 is 22.3 Å². The normalized spacial score (nSPS) is 21.9. The monoisotopic (exact) mass is 517 g/mol. The van der Waals surface area contributed by atoms with E-state index in [-0.39, 0.29) is 17.9 Å². The molecule has 0 bridgehead atoms. The molecule has 0 fully saturated rings. The van der Waals surface area contributed by atoms with E-state index in [9.17, 15) is 5.11 Å². The van der Waals surface area contributed by atoms with Gasteiger partial charge in [-0.05, 0) is 84.7 Å². The number of nitrogens with one attached hydrogen (secondary N) is 1. The van der Waals surface area contributed by atoms with Crippen LogP contribution in [-0.2, 0) is 0 Å². The maximum Gasteiger partial charge on any atom is 0.134 e. The van der Waals surface area contributed by atoms with Crippen molar-refractivity contribution in [2.24, 2.45) is 0 Å². The Hall–Kier alpha value is -2.83. The van der Waals surface area contributed by atoms with Crippen LogP contribution in [0, 0.1) is 6.92 Å². The summed E-state index contributed by atoms with van der Waals surface area (Å²) in [5.41, 5.74) is 5.62. The molecule has 2 N–H and O–H groups in total.